The third kappa shape index (κ3) is 26.7. The van der Waals surface area contributed by atoms with Crippen LogP contribution in [0.1, 0.15) is 71.6 Å². The maximum atomic E-state index is 14.1. The molecule has 2 aliphatic carbocycles. The molecule has 0 unspecified atom stereocenters. The van der Waals surface area contributed by atoms with Crippen molar-refractivity contribution in [3.63, 3.8) is 0 Å². The molecular formula is C85H81K6N9O10. The second kappa shape index (κ2) is 51.6. The van der Waals surface area contributed by atoms with Gasteiger partial charge in [0, 0.05) is 135 Å². The zero-order valence-electron chi connectivity index (χ0n) is 64.8. The van der Waals surface area contributed by atoms with E-state index in [1.165, 1.54) is 18.2 Å². The Labute approximate surface area is 899 Å². The average Bonchev–Trinajstić information content (AvgIpc) is 0.741. The van der Waals surface area contributed by atoms with Crippen LogP contribution in [0, 0.1) is 44.6 Å². The Kier molecular flexibility index (Phi) is 49.4. The maximum Gasteiger partial charge on any atom is 1.00 e. The molecule has 25 heteroatoms. The molecule has 0 spiro atoms. The number of carbonyl (C=O) groups is 2. The van der Waals surface area contributed by atoms with Crippen LogP contribution in [0.4, 0.5) is 0 Å². The van der Waals surface area contributed by atoms with Crippen LogP contribution in [0.5, 0.6) is 11.5 Å². The van der Waals surface area contributed by atoms with Gasteiger partial charge in [-0.15, -0.1) is 0 Å². The number of benzene rings is 6. The number of hydrogen-bond donors (Lipinski definition) is 4. The molecular weight excluding hydrogens is 1540 g/mol. The van der Waals surface area contributed by atoms with Crippen LogP contribution in [0.2, 0.25) is 0 Å². The number of phenols is 2. The van der Waals surface area contributed by atoms with E-state index in [1.54, 1.807) is 122 Å². The maximum absolute atomic E-state index is 14.1. The van der Waals surface area contributed by atoms with Crippen molar-refractivity contribution in [2.24, 2.45) is 0 Å². The van der Waals surface area contributed by atoms with E-state index in [-0.39, 0.29) is 406 Å². The fourth-order valence-corrected chi connectivity index (χ4v) is 12.4. The second-order valence-corrected chi connectivity index (χ2v) is 23.5. The van der Waals surface area contributed by atoms with Gasteiger partial charge in [0.2, 0.25) is 0 Å². The summed E-state index contributed by atoms with van der Waals surface area (Å²) in [6, 6.07) is 62.2. The molecule has 10 aromatic rings. The number of hydrogen-bond acceptors (Lipinski definition) is 17. The van der Waals surface area contributed by atoms with E-state index >= 15 is 0 Å². The van der Waals surface area contributed by atoms with Crippen molar-refractivity contribution in [1.29, 1.82) is 0 Å². The molecule has 4 aromatic carbocycles. The number of fused-ring (bicyclic) bond motifs is 4. The van der Waals surface area contributed by atoms with Crippen LogP contribution >= 0.6 is 0 Å². The minimum Gasteiger partial charge on any atom is -0.507 e. The molecule has 6 aromatic heterocycles. The summed E-state index contributed by atoms with van der Waals surface area (Å²) in [5.41, 5.74) is 10.0. The van der Waals surface area contributed by atoms with Gasteiger partial charge in [0.05, 0.1) is 62.0 Å². The van der Waals surface area contributed by atoms with Crippen molar-refractivity contribution in [3.8, 4) is 56.4 Å². The predicted molar refractivity (Wildman–Crippen MR) is 409 cm³/mol. The Morgan fingerprint density at radius 3 is 0.973 bits per heavy atom. The summed E-state index contributed by atoms with van der Waals surface area (Å²) in [5, 5.41) is 44.4. The molecule has 0 saturated carbocycles. The van der Waals surface area contributed by atoms with Gasteiger partial charge in [-0.1, -0.05) is 72.8 Å². The van der Waals surface area contributed by atoms with Crippen molar-refractivity contribution in [1.82, 2.24) is 44.6 Å². The fraction of sp³-hybridized carbons (Fsp3) is 0.106. The van der Waals surface area contributed by atoms with Gasteiger partial charge < -0.3 is 73.8 Å². The van der Waals surface area contributed by atoms with Gasteiger partial charge in [-0.25, -0.2) is 9.59 Å². The summed E-state index contributed by atoms with van der Waals surface area (Å²) in [6.45, 7) is 3.28. The number of rotatable bonds is 22. The third-order valence-corrected chi connectivity index (χ3v) is 16.8. The Hall–Kier alpha value is -2.60. The number of aromatic carboxylic acids is 2. The van der Waals surface area contributed by atoms with Gasteiger partial charge in [0.15, 0.2) is 10.9 Å². The average molecular weight is 1620 g/mol. The molecule has 110 heavy (non-hydrogen) atoms. The van der Waals surface area contributed by atoms with Gasteiger partial charge in [-0.05, 0) is 145 Å². The van der Waals surface area contributed by atoms with Gasteiger partial charge in [0.25, 0.3) is 0 Å². The van der Waals surface area contributed by atoms with Crippen molar-refractivity contribution < 1.29 is 347 Å². The van der Waals surface area contributed by atoms with E-state index in [2.05, 4.69) is 44.6 Å². The molecule has 0 fully saturated rings. The number of carboxylic acids is 2. The van der Waals surface area contributed by atoms with Gasteiger partial charge in [0.1, 0.15) is 34.2 Å². The minimum absolute atomic E-state index is 0. The van der Waals surface area contributed by atoms with E-state index in [9.17, 15) is 39.6 Å². The smallest absolute Gasteiger partial charge is 0.507 e. The minimum atomic E-state index is -1.10. The van der Waals surface area contributed by atoms with Crippen LogP contribution in [0.3, 0.4) is 0 Å². The first-order valence-corrected chi connectivity index (χ1v) is 31.6. The first-order chi connectivity index (χ1) is 47.9. The van der Waals surface area contributed by atoms with E-state index in [4.69, 9.17) is 8.83 Å². The van der Waals surface area contributed by atoms with Gasteiger partial charge in [-0.3, -0.25) is 54.2 Å². The topological polar surface area (TPSA) is 263 Å². The number of aromatic hydroxyl groups is 2. The molecule has 0 atom stereocenters. The van der Waals surface area contributed by atoms with Crippen LogP contribution < -0.4 is 319 Å². The summed E-state index contributed by atoms with van der Waals surface area (Å²) in [5.74, 6) is -1.57. The Morgan fingerprint density at radius 1 is 0.327 bits per heavy atom. The molecule has 2 aliphatic heterocycles. The monoisotopic (exact) mass is 1620 g/mol. The number of phenolic OH excluding ortho intramolecular Hbond substituents is 2. The Balaban J connectivity index is 0.00000103. The van der Waals surface area contributed by atoms with Gasteiger partial charge >= 0.3 is 320 Å². The largest absolute Gasteiger partial charge is 1.00 e. The van der Waals surface area contributed by atoms with E-state index < -0.39 is 11.9 Å². The molecule has 532 valence electrons. The number of carboxylic acid groups (broad SMARTS) is 2. The standard InChI is InChI=1S/C46H38N6O5.C33H25N3O5.6CH3.6K/c53-41-19-17-37-43(35-15-1-2-16-36(35)46(55)56)38-18-20-42(54)40(30-52(27-33-13-5-9-23-49-33)28-34-14-6-10-24-50-34)45(38)57-44(37)39(41)29-51(25-31-11-3-7-21-47-31)26-32-12-4-8-22-48-32;37-23-11-12-26-30(17-23)41-32-27(31(26)24-9-1-2-10-25(24)33(39)40)13-14-29(38)28(32)20-36(18-21-7-3-5-15-34-21)19-22-8-4-6-16-35-22;;;;;;;;;;;;/h1-24,53H,25-30H2,(H,55,56);1-17,38H,18-20H2,(H,39,40);6*1H3;;;;;;/q;;6*-1;6*+1. The first-order valence-electron chi connectivity index (χ1n) is 31.6. The predicted octanol–water partition coefficient (Wildman–Crippen LogP) is -1.36. The molecule has 0 saturated heterocycles. The quantitative estimate of drug-likeness (QED) is 0.0347. The molecule has 19 nitrogen and oxygen atoms in total. The Morgan fingerprint density at radius 2 is 0.636 bits per heavy atom. The number of nitrogens with zero attached hydrogens (tertiary/aromatic N) is 9. The summed E-state index contributed by atoms with van der Waals surface area (Å²) >= 11 is 0. The van der Waals surface area contributed by atoms with Crippen molar-refractivity contribution in [2.45, 2.75) is 58.9 Å². The van der Waals surface area contributed by atoms with E-state index in [0.717, 1.165) is 34.2 Å². The molecule has 8 heterocycles. The van der Waals surface area contributed by atoms with E-state index in [0.29, 0.717) is 123 Å². The normalized spacial score (nSPS) is 10.2. The van der Waals surface area contributed by atoms with Crippen molar-refractivity contribution in [2.75, 3.05) is 0 Å². The van der Waals surface area contributed by atoms with Crippen LogP contribution in [-0.2, 0) is 58.9 Å². The number of pyridine rings is 6. The van der Waals surface area contributed by atoms with Crippen LogP contribution in [-0.4, -0.2) is 77.0 Å². The summed E-state index contributed by atoms with van der Waals surface area (Å²) in [7, 11) is 0. The molecule has 0 radical (unpaired) electrons. The number of aromatic nitrogens is 6. The summed E-state index contributed by atoms with van der Waals surface area (Å²) in [6.07, 6.45) is 10.4. The van der Waals surface area contributed by atoms with Gasteiger partial charge in [-0.2, -0.15) is 0 Å². The molecule has 4 aliphatic rings. The molecule has 0 amide bonds. The van der Waals surface area contributed by atoms with Crippen LogP contribution in [0.15, 0.2) is 268 Å². The first kappa shape index (κ1) is 105. The molecule has 4 N–H and O–H groups in total. The third-order valence-electron chi connectivity index (χ3n) is 16.8. The summed E-state index contributed by atoms with van der Waals surface area (Å²) < 4.78 is 13.2. The van der Waals surface area contributed by atoms with Crippen LogP contribution in [0.25, 0.3) is 66.8 Å². The van der Waals surface area contributed by atoms with E-state index in [1.807, 2.05) is 109 Å². The van der Waals surface area contributed by atoms with Crippen molar-refractivity contribution >= 4 is 33.9 Å². The molecule has 14 rings (SSSR count). The zero-order valence-corrected chi connectivity index (χ0v) is 83.5. The second-order valence-electron chi connectivity index (χ2n) is 23.5. The SMILES string of the molecule is O=C(O)c1ccccc1-c1c2ccc(=O)c(CN(Cc3ccccn3)Cc3ccccn3)c-2oc2c(CN(Cc3ccccn3)Cc3ccccn3)c(O)ccc12.O=C(O)c1ccccc1-c1c2ccc(=O)cc-2oc2c(CN(Cc3ccccn3)Cc3ccccn3)c(O)ccc12.[CH3-].[CH3-].[CH3-].[CH3-].[CH3-].[CH3-].[K+].[K+].[K+].[K+].[K+].[K+]. The summed E-state index contributed by atoms with van der Waals surface area (Å²) in [4.78, 5) is 84.9. The molecule has 0 bridgehead atoms. The van der Waals surface area contributed by atoms with Crippen molar-refractivity contribution in [3.05, 3.63) is 376 Å². The zero-order chi connectivity index (χ0) is 67.5. The Bertz CT molecular complexity index is 5100. The fourth-order valence-electron chi connectivity index (χ4n) is 12.4.